The van der Waals surface area contributed by atoms with Crippen LogP contribution in [0.5, 0.6) is 0 Å². The third kappa shape index (κ3) is 10.5. The summed E-state index contributed by atoms with van der Waals surface area (Å²) in [6, 6.07) is 8.75. The number of ether oxygens (including phenoxy) is 1. The molecule has 6 heteroatoms. The highest BCUT2D eigenvalue weighted by molar-refractivity contribution is 5.86. The van der Waals surface area contributed by atoms with Gasteiger partial charge in [-0.05, 0) is 75.7 Å². The van der Waals surface area contributed by atoms with E-state index < -0.39 is 17.7 Å². The van der Waals surface area contributed by atoms with Gasteiger partial charge in [0.1, 0.15) is 17.4 Å². The maximum absolute atomic E-state index is 13.5. The van der Waals surface area contributed by atoms with Crippen molar-refractivity contribution >= 4 is 17.8 Å². The number of carbonyl (C=O) groups excluding carboxylic acids is 3. The molecule has 2 N–H and O–H groups in total. The molecule has 0 bridgehead atoms. The van der Waals surface area contributed by atoms with Crippen LogP contribution in [0.25, 0.3) is 0 Å². The number of nitrogens with one attached hydrogen (secondary N) is 2. The summed E-state index contributed by atoms with van der Waals surface area (Å²) in [6.07, 6.45) is 4.10. The Hall–Kier alpha value is -2.37. The lowest BCUT2D eigenvalue weighted by molar-refractivity contribution is -0.128. The van der Waals surface area contributed by atoms with Gasteiger partial charge in [0.2, 0.25) is 5.91 Å². The predicted molar refractivity (Wildman–Crippen MR) is 149 cm³/mol. The normalized spacial score (nSPS) is 21.8. The van der Waals surface area contributed by atoms with E-state index in [-0.39, 0.29) is 23.8 Å². The van der Waals surface area contributed by atoms with Crippen LogP contribution in [-0.4, -0.2) is 29.4 Å². The molecule has 1 aromatic rings. The van der Waals surface area contributed by atoms with E-state index in [1.165, 1.54) is 6.42 Å². The first kappa shape index (κ1) is 30.9. The fourth-order valence-electron chi connectivity index (χ4n) is 5.48. The molecular weight excluding hydrogens is 464 g/mol. The number of Topliss-reactive ketones (excluding diaryl/α,β-unsaturated/α-hetero) is 1. The molecular formula is C31H50N2O4. The average Bonchev–Trinajstić information content (AvgIpc) is 2.79. The topological polar surface area (TPSA) is 84.5 Å². The third-order valence-corrected chi connectivity index (χ3v) is 7.35. The lowest BCUT2D eigenvalue weighted by atomic mass is 9.68. The van der Waals surface area contributed by atoms with Gasteiger partial charge in [-0.25, -0.2) is 4.79 Å². The summed E-state index contributed by atoms with van der Waals surface area (Å²) in [6.45, 7) is 16.1. The van der Waals surface area contributed by atoms with E-state index in [1.807, 2.05) is 44.2 Å². The summed E-state index contributed by atoms with van der Waals surface area (Å²) in [5.41, 5.74) is 0.307. The Morgan fingerprint density at radius 3 is 2.22 bits per heavy atom. The maximum atomic E-state index is 13.5. The fourth-order valence-corrected chi connectivity index (χ4v) is 5.48. The van der Waals surface area contributed by atoms with E-state index in [0.29, 0.717) is 42.8 Å². The standard InChI is InChI=1S/C31H50N2O4/c1-20(2)18-27(33-30(36)37-31(6,7)8)29(35)32-26(23-12-10-9-11-13-23)16-17-28(34)25-19-22(5)14-15-24(25)21(3)4/h9-13,20-22,24-27H,14-19H2,1-8H3,(H,32,35)(H,33,36)/t22-,24+,25-,26-,27-/m1/s1. The highest BCUT2D eigenvalue weighted by atomic mass is 16.6. The SMILES string of the molecule is CC(C)C[C@@H](NC(=O)OC(C)(C)C)C(=O)N[C@H](CCC(=O)[C@@H]1C[C@H](C)CC[C@H]1C(C)C)c1ccccc1. The molecule has 2 amide bonds. The smallest absolute Gasteiger partial charge is 0.408 e. The first-order valence-corrected chi connectivity index (χ1v) is 14.1. The first-order chi connectivity index (χ1) is 17.3. The van der Waals surface area contributed by atoms with Crippen LogP contribution in [0.15, 0.2) is 30.3 Å². The van der Waals surface area contributed by atoms with Crippen molar-refractivity contribution in [1.29, 1.82) is 0 Å². The Morgan fingerprint density at radius 2 is 1.65 bits per heavy atom. The first-order valence-electron chi connectivity index (χ1n) is 14.1. The van der Waals surface area contributed by atoms with Crippen molar-refractivity contribution in [3.8, 4) is 0 Å². The summed E-state index contributed by atoms with van der Waals surface area (Å²) < 4.78 is 5.40. The van der Waals surface area contributed by atoms with Crippen LogP contribution in [0, 0.1) is 29.6 Å². The third-order valence-electron chi connectivity index (χ3n) is 7.35. The predicted octanol–water partition coefficient (Wildman–Crippen LogP) is 6.84. The zero-order valence-corrected chi connectivity index (χ0v) is 24.3. The van der Waals surface area contributed by atoms with Crippen molar-refractivity contribution in [2.45, 2.75) is 112 Å². The molecule has 0 aromatic heterocycles. The van der Waals surface area contributed by atoms with Crippen molar-refractivity contribution < 1.29 is 19.1 Å². The zero-order valence-electron chi connectivity index (χ0n) is 24.3. The molecule has 1 aromatic carbocycles. The Morgan fingerprint density at radius 1 is 1.00 bits per heavy atom. The number of amides is 2. The Bertz CT molecular complexity index is 875. The second-order valence-electron chi connectivity index (χ2n) is 12.7. The number of hydrogen-bond acceptors (Lipinski definition) is 4. The zero-order chi connectivity index (χ0) is 27.8. The van der Waals surface area contributed by atoms with Crippen molar-refractivity contribution in [3.05, 3.63) is 35.9 Å². The average molecular weight is 515 g/mol. The van der Waals surface area contributed by atoms with Crippen molar-refractivity contribution in [1.82, 2.24) is 10.6 Å². The lowest BCUT2D eigenvalue weighted by Crippen LogP contribution is -2.49. The van der Waals surface area contributed by atoms with Crippen LogP contribution >= 0.6 is 0 Å². The van der Waals surface area contributed by atoms with Gasteiger partial charge in [0.05, 0.1) is 6.04 Å². The second kappa shape index (κ2) is 14.0. The van der Waals surface area contributed by atoms with Crippen molar-refractivity contribution in [3.63, 3.8) is 0 Å². The molecule has 208 valence electrons. The summed E-state index contributed by atoms with van der Waals surface area (Å²) in [5, 5.41) is 5.91. The fraction of sp³-hybridized carbons (Fsp3) is 0.710. The van der Waals surface area contributed by atoms with Gasteiger partial charge >= 0.3 is 6.09 Å². The van der Waals surface area contributed by atoms with Crippen LogP contribution in [0.1, 0.15) is 106 Å². The quantitative estimate of drug-likeness (QED) is 0.338. The van der Waals surface area contributed by atoms with Crippen LogP contribution < -0.4 is 10.6 Å². The Balaban J connectivity index is 2.15. The molecule has 0 aliphatic heterocycles. The molecule has 5 atom stereocenters. The molecule has 0 unspecified atom stereocenters. The van der Waals surface area contributed by atoms with E-state index in [4.69, 9.17) is 4.74 Å². The van der Waals surface area contributed by atoms with Gasteiger partial charge in [0.15, 0.2) is 0 Å². The van der Waals surface area contributed by atoms with Crippen molar-refractivity contribution in [2.24, 2.45) is 29.6 Å². The number of ketones is 1. The minimum Gasteiger partial charge on any atom is -0.444 e. The molecule has 1 saturated carbocycles. The summed E-state index contributed by atoms with van der Waals surface area (Å²) in [5.74, 6) is 1.84. The number of carbonyl (C=O) groups is 3. The van der Waals surface area contributed by atoms with Gasteiger partial charge in [-0.3, -0.25) is 9.59 Å². The Labute approximate surface area is 224 Å². The van der Waals surface area contributed by atoms with E-state index in [2.05, 4.69) is 31.4 Å². The molecule has 2 rings (SSSR count). The van der Waals surface area contributed by atoms with Crippen LogP contribution in [0.2, 0.25) is 0 Å². The number of hydrogen-bond donors (Lipinski definition) is 2. The van der Waals surface area contributed by atoms with Gasteiger partial charge in [-0.1, -0.05) is 71.4 Å². The van der Waals surface area contributed by atoms with Crippen LogP contribution in [0.3, 0.4) is 0 Å². The van der Waals surface area contributed by atoms with E-state index in [9.17, 15) is 14.4 Å². The molecule has 6 nitrogen and oxygen atoms in total. The minimum absolute atomic E-state index is 0.0957. The van der Waals surface area contributed by atoms with Gasteiger partial charge in [0, 0.05) is 12.3 Å². The molecule has 0 saturated heterocycles. The summed E-state index contributed by atoms with van der Waals surface area (Å²) in [7, 11) is 0. The van der Waals surface area contributed by atoms with E-state index >= 15 is 0 Å². The molecule has 1 aliphatic carbocycles. The van der Waals surface area contributed by atoms with Gasteiger partial charge in [-0.15, -0.1) is 0 Å². The van der Waals surface area contributed by atoms with Gasteiger partial charge in [-0.2, -0.15) is 0 Å². The maximum Gasteiger partial charge on any atom is 0.408 e. The molecule has 0 spiro atoms. The second-order valence-corrected chi connectivity index (χ2v) is 12.7. The van der Waals surface area contributed by atoms with Gasteiger partial charge < -0.3 is 15.4 Å². The summed E-state index contributed by atoms with van der Waals surface area (Å²) >= 11 is 0. The highest BCUT2D eigenvalue weighted by Gasteiger charge is 2.35. The van der Waals surface area contributed by atoms with Crippen LogP contribution in [0.4, 0.5) is 4.79 Å². The number of benzene rings is 1. The summed E-state index contributed by atoms with van der Waals surface area (Å²) in [4.78, 5) is 39.3. The minimum atomic E-state index is -0.721. The largest absolute Gasteiger partial charge is 0.444 e. The van der Waals surface area contributed by atoms with Crippen LogP contribution in [-0.2, 0) is 14.3 Å². The molecule has 0 heterocycles. The molecule has 1 fully saturated rings. The number of alkyl carbamates (subject to hydrolysis) is 1. The lowest BCUT2D eigenvalue weighted by Gasteiger charge is -2.36. The van der Waals surface area contributed by atoms with E-state index in [1.54, 1.807) is 20.8 Å². The van der Waals surface area contributed by atoms with Crippen molar-refractivity contribution in [2.75, 3.05) is 0 Å². The molecule has 0 radical (unpaired) electrons. The highest BCUT2D eigenvalue weighted by Crippen LogP contribution is 2.39. The van der Waals surface area contributed by atoms with E-state index in [0.717, 1.165) is 18.4 Å². The molecule has 1 aliphatic rings. The Kier molecular flexibility index (Phi) is 11.6. The molecule has 37 heavy (non-hydrogen) atoms. The number of rotatable bonds is 11. The van der Waals surface area contributed by atoms with Gasteiger partial charge in [0.25, 0.3) is 0 Å². The monoisotopic (exact) mass is 514 g/mol.